The van der Waals surface area contributed by atoms with Crippen LogP contribution in [0, 0.1) is 0 Å². The molecule has 0 aliphatic rings. The Kier molecular flexibility index (Phi) is 3.53. The molecule has 0 unspecified atom stereocenters. The van der Waals surface area contributed by atoms with Crippen molar-refractivity contribution in [2.45, 2.75) is 6.54 Å². The highest BCUT2D eigenvalue weighted by Gasteiger charge is 2.06. The van der Waals surface area contributed by atoms with Crippen LogP contribution in [0.5, 0.6) is 0 Å². The number of hydrogen-bond acceptors (Lipinski definition) is 6. The van der Waals surface area contributed by atoms with Crippen molar-refractivity contribution >= 4 is 28.9 Å². The number of benzene rings is 1. The van der Waals surface area contributed by atoms with Crippen molar-refractivity contribution in [1.29, 1.82) is 0 Å². The molecule has 0 saturated carbocycles. The fourth-order valence-corrected chi connectivity index (χ4v) is 1.99. The lowest BCUT2D eigenvalue weighted by Crippen LogP contribution is -2.15. The van der Waals surface area contributed by atoms with Gasteiger partial charge in [0.1, 0.15) is 0 Å². The van der Waals surface area contributed by atoms with Crippen LogP contribution < -0.4 is 16.6 Å². The zero-order valence-corrected chi connectivity index (χ0v) is 11.7. The van der Waals surface area contributed by atoms with Crippen molar-refractivity contribution < 1.29 is 0 Å². The molecule has 0 spiro atoms. The van der Waals surface area contributed by atoms with Gasteiger partial charge in [-0.05, 0) is 17.7 Å². The second kappa shape index (κ2) is 5.65. The van der Waals surface area contributed by atoms with Crippen molar-refractivity contribution in [3.05, 3.63) is 58.7 Å². The van der Waals surface area contributed by atoms with Crippen LogP contribution in [0.2, 0.25) is 0 Å². The maximum atomic E-state index is 11.8. The Bertz CT molecular complexity index is 885. The molecular weight excluding hydrogens is 280 g/mol. The van der Waals surface area contributed by atoms with E-state index in [-0.39, 0.29) is 17.1 Å². The molecule has 2 heterocycles. The molecule has 0 amide bonds. The molecule has 0 saturated heterocycles. The number of H-pyrrole nitrogens is 1. The van der Waals surface area contributed by atoms with Gasteiger partial charge in [-0.3, -0.25) is 9.78 Å². The molecule has 1 aromatic carbocycles. The molecule has 3 rings (SSSR count). The van der Waals surface area contributed by atoms with Gasteiger partial charge in [0.15, 0.2) is 11.2 Å². The molecule has 2 aromatic heterocycles. The van der Waals surface area contributed by atoms with Crippen molar-refractivity contribution in [2.75, 3.05) is 11.1 Å². The van der Waals surface area contributed by atoms with E-state index in [0.717, 1.165) is 11.3 Å². The van der Waals surface area contributed by atoms with Gasteiger partial charge in [-0.15, -0.1) is 0 Å². The third-order valence-electron chi connectivity index (χ3n) is 3.11. The van der Waals surface area contributed by atoms with Gasteiger partial charge in [0.25, 0.3) is 5.56 Å². The molecule has 3 aromatic rings. The van der Waals surface area contributed by atoms with E-state index in [4.69, 9.17) is 5.73 Å². The molecule has 0 fully saturated rings. The first-order valence-corrected chi connectivity index (χ1v) is 6.63. The number of rotatable bonds is 4. The zero-order valence-electron chi connectivity index (χ0n) is 11.7. The van der Waals surface area contributed by atoms with Crippen molar-refractivity contribution in [2.24, 2.45) is 0 Å². The maximum absolute atomic E-state index is 11.8. The third kappa shape index (κ3) is 2.78. The Balaban J connectivity index is 1.81. The second-order valence-electron chi connectivity index (χ2n) is 4.66. The molecule has 7 heteroatoms. The Morgan fingerprint density at radius 3 is 2.77 bits per heavy atom. The monoisotopic (exact) mass is 294 g/mol. The minimum atomic E-state index is -0.396. The normalized spacial score (nSPS) is 10.5. The molecule has 0 radical (unpaired) electrons. The maximum Gasteiger partial charge on any atom is 0.280 e. The van der Waals surface area contributed by atoms with E-state index in [1.54, 1.807) is 12.3 Å². The summed E-state index contributed by atoms with van der Waals surface area (Å²) in [6, 6.07) is 7.80. The highest BCUT2D eigenvalue weighted by atomic mass is 16.1. The van der Waals surface area contributed by atoms with Gasteiger partial charge >= 0.3 is 0 Å². The van der Waals surface area contributed by atoms with E-state index in [0.29, 0.717) is 12.2 Å². The first-order chi connectivity index (χ1) is 10.7. The van der Waals surface area contributed by atoms with Crippen LogP contribution >= 0.6 is 0 Å². The van der Waals surface area contributed by atoms with Crippen LogP contribution in [0.3, 0.4) is 0 Å². The summed E-state index contributed by atoms with van der Waals surface area (Å²) >= 11 is 0. The molecule has 0 aliphatic carbocycles. The van der Waals surface area contributed by atoms with Crippen LogP contribution in [0.1, 0.15) is 11.3 Å². The lowest BCUT2D eigenvalue weighted by molar-refractivity contribution is 1.02. The topological polar surface area (TPSA) is 110 Å². The Labute approximate surface area is 126 Å². The first-order valence-electron chi connectivity index (χ1n) is 6.63. The molecular formula is C15H14N6O. The summed E-state index contributed by atoms with van der Waals surface area (Å²) in [5.41, 5.74) is 8.11. The summed E-state index contributed by atoms with van der Waals surface area (Å²) in [4.78, 5) is 26.5. The fraction of sp³-hybridized carbons (Fsp3) is 0.0667. The highest BCUT2D eigenvalue weighted by Crippen LogP contribution is 2.11. The van der Waals surface area contributed by atoms with Crippen molar-refractivity contribution in [3.8, 4) is 0 Å². The summed E-state index contributed by atoms with van der Waals surface area (Å²) in [7, 11) is 0. The van der Waals surface area contributed by atoms with Crippen molar-refractivity contribution in [1.82, 2.24) is 19.9 Å². The van der Waals surface area contributed by atoms with Gasteiger partial charge in [-0.25, -0.2) is 9.97 Å². The molecule has 0 aliphatic heterocycles. The summed E-state index contributed by atoms with van der Waals surface area (Å²) in [6.07, 6.45) is 3.35. The first kappa shape index (κ1) is 13.7. The minimum absolute atomic E-state index is 0.0278. The van der Waals surface area contributed by atoms with E-state index < -0.39 is 5.56 Å². The number of nitrogens with two attached hydrogens (primary N) is 1. The van der Waals surface area contributed by atoms with E-state index >= 15 is 0 Å². The van der Waals surface area contributed by atoms with E-state index in [2.05, 4.69) is 31.8 Å². The summed E-state index contributed by atoms with van der Waals surface area (Å²) in [5.74, 6) is 0.0278. The number of anilines is 2. The van der Waals surface area contributed by atoms with Gasteiger partial charge < -0.3 is 11.1 Å². The van der Waals surface area contributed by atoms with Gasteiger partial charge in [-0.1, -0.05) is 24.8 Å². The SMILES string of the molecule is C=Cc1ccc(NCc2cnc3nc(N)[nH]c(=O)c3n2)cc1. The molecule has 0 atom stereocenters. The lowest BCUT2D eigenvalue weighted by atomic mass is 10.2. The van der Waals surface area contributed by atoms with Crippen LogP contribution in [0.15, 0.2) is 41.8 Å². The molecule has 22 heavy (non-hydrogen) atoms. The van der Waals surface area contributed by atoms with Crippen LogP contribution in [0.4, 0.5) is 11.6 Å². The Hall–Kier alpha value is -3.22. The Morgan fingerprint density at radius 2 is 2.05 bits per heavy atom. The van der Waals surface area contributed by atoms with Gasteiger partial charge in [-0.2, -0.15) is 4.98 Å². The number of nitrogen functional groups attached to an aromatic ring is 1. The van der Waals surface area contributed by atoms with Gasteiger partial charge in [0.2, 0.25) is 5.95 Å². The largest absolute Gasteiger partial charge is 0.379 e. The quantitative estimate of drug-likeness (QED) is 0.673. The van der Waals surface area contributed by atoms with Crippen LogP contribution in [-0.2, 0) is 6.54 Å². The molecule has 110 valence electrons. The lowest BCUT2D eigenvalue weighted by Gasteiger charge is -2.06. The standard InChI is InChI=1S/C15H14N6O/c1-2-9-3-5-10(6-4-9)17-7-11-8-18-13-12(19-11)14(22)21-15(16)20-13/h2-6,8,17H,1,7H2,(H3,16,18,20,21,22). The zero-order chi connectivity index (χ0) is 15.5. The second-order valence-corrected chi connectivity index (χ2v) is 4.66. The third-order valence-corrected chi connectivity index (χ3v) is 3.11. The fourth-order valence-electron chi connectivity index (χ4n) is 1.99. The highest BCUT2D eigenvalue weighted by molar-refractivity contribution is 5.69. The van der Waals surface area contributed by atoms with E-state index in [1.807, 2.05) is 24.3 Å². The predicted octanol–water partition coefficient (Wildman–Crippen LogP) is 1.55. The number of nitrogens with zero attached hydrogens (tertiary/aromatic N) is 3. The number of aromatic amines is 1. The van der Waals surface area contributed by atoms with E-state index in [1.165, 1.54) is 0 Å². The minimum Gasteiger partial charge on any atom is -0.379 e. The summed E-state index contributed by atoms with van der Waals surface area (Å²) in [6.45, 7) is 4.16. The number of aromatic nitrogens is 4. The smallest absolute Gasteiger partial charge is 0.280 e. The van der Waals surface area contributed by atoms with Gasteiger partial charge in [0.05, 0.1) is 18.4 Å². The number of fused-ring (bicyclic) bond motifs is 1. The predicted molar refractivity (Wildman–Crippen MR) is 86.2 cm³/mol. The average molecular weight is 294 g/mol. The number of nitrogens with one attached hydrogen (secondary N) is 2. The number of hydrogen-bond donors (Lipinski definition) is 3. The Morgan fingerprint density at radius 1 is 1.27 bits per heavy atom. The van der Waals surface area contributed by atoms with Crippen molar-refractivity contribution in [3.63, 3.8) is 0 Å². The summed E-state index contributed by atoms with van der Waals surface area (Å²) < 4.78 is 0. The van der Waals surface area contributed by atoms with Crippen LogP contribution in [-0.4, -0.2) is 19.9 Å². The summed E-state index contributed by atoms with van der Waals surface area (Å²) in [5, 5.41) is 3.21. The average Bonchev–Trinajstić information content (AvgIpc) is 2.53. The molecule has 4 N–H and O–H groups in total. The van der Waals surface area contributed by atoms with Gasteiger partial charge in [0, 0.05) is 5.69 Å². The van der Waals surface area contributed by atoms with E-state index in [9.17, 15) is 4.79 Å². The molecule has 0 bridgehead atoms. The van der Waals surface area contributed by atoms with Crippen LogP contribution in [0.25, 0.3) is 17.2 Å². The molecule has 7 nitrogen and oxygen atoms in total.